The summed E-state index contributed by atoms with van der Waals surface area (Å²) in [5, 5.41) is 2.63. The minimum atomic E-state index is -0.317. The van der Waals surface area contributed by atoms with Gasteiger partial charge in [0.1, 0.15) is 5.75 Å². The van der Waals surface area contributed by atoms with E-state index in [-0.39, 0.29) is 31.0 Å². The fraction of sp³-hybridized carbons (Fsp3) is 0.333. The molecular formula is C21H26N2O3. The molecule has 0 aliphatic carbocycles. The summed E-state index contributed by atoms with van der Waals surface area (Å²) in [6, 6.07) is 17.3. The smallest absolute Gasteiger partial charge is 0.258 e. The molecule has 1 N–H and O–H groups in total. The molecular weight excluding hydrogens is 328 g/mol. The number of nitrogens with one attached hydrogen (secondary N) is 1. The predicted octanol–water partition coefficient (Wildman–Crippen LogP) is 2.93. The maximum atomic E-state index is 12.5. The highest BCUT2D eigenvalue weighted by atomic mass is 16.5. The fourth-order valence-electron chi connectivity index (χ4n) is 2.45. The quantitative estimate of drug-likeness (QED) is 0.793. The molecule has 2 amide bonds. The molecule has 26 heavy (non-hydrogen) atoms. The van der Waals surface area contributed by atoms with Crippen LogP contribution >= 0.6 is 0 Å². The number of ether oxygens (including phenoxy) is 1. The summed E-state index contributed by atoms with van der Waals surface area (Å²) in [5.41, 5.74) is 2.18. The Morgan fingerprint density at radius 3 is 2.31 bits per heavy atom. The van der Waals surface area contributed by atoms with Gasteiger partial charge in [0.25, 0.3) is 5.91 Å². The number of aryl methyl sites for hydroxylation is 1. The van der Waals surface area contributed by atoms with Gasteiger partial charge in [0.15, 0.2) is 6.61 Å². The molecule has 0 fully saturated rings. The first-order valence-corrected chi connectivity index (χ1v) is 8.75. The molecule has 0 saturated carbocycles. The van der Waals surface area contributed by atoms with Gasteiger partial charge in [-0.3, -0.25) is 9.59 Å². The minimum Gasteiger partial charge on any atom is -0.484 e. The molecule has 0 heterocycles. The molecule has 0 unspecified atom stereocenters. The lowest BCUT2D eigenvalue weighted by atomic mass is 10.2. The molecule has 0 bridgehead atoms. The monoisotopic (exact) mass is 354 g/mol. The standard InChI is InChI=1S/C21H26N2O3/c1-16(2)23(14-18-7-5-4-6-8-18)21(25)13-22-20(24)15-26-19-11-9-17(3)10-12-19/h4-12,16H,13-15H2,1-3H3,(H,22,24). The summed E-state index contributed by atoms with van der Waals surface area (Å²) in [5.74, 6) is 0.194. The molecule has 5 nitrogen and oxygen atoms in total. The van der Waals surface area contributed by atoms with Crippen LogP contribution in [-0.2, 0) is 16.1 Å². The third-order valence-corrected chi connectivity index (χ3v) is 3.97. The van der Waals surface area contributed by atoms with Gasteiger partial charge in [-0.15, -0.1) is 0 Å². The number of carbonyl (C=O) groups excluding carboxylic acids is 2. The highest BCUT2D eigenvalue weighted by Crippen LogP contribution is 2.11. The molecule has 2 aromatic carbocycles. The van der Waals surface area contributed by atoms with Crippen molar-refractivity contribution >= 4 is 11.8 Å². The van der Waals surface area contributed by atoms with Crippen LogP contribution in [0.1, 0.15) is 25.0 Å². The number of hydrogen-bond acceptors (Lipinski definition) is 3. The molecule has 5 heteroatoms. The zero-order valence-corrected chi connectivity index (χ0v) is 15.6. The Hall–Kier alpha value is -2.82. The van der Waals surface area contributed by atoms with Gasteiger partial charge in [-0.25, -0.2) is 0 Å². The lowest BCUT2D eigenvalue weighted by molar-refractivity contribution is -0.135. The zero-order chi connectivity index (χ0) is 18.9. The van der Waals surface area contributed by atoms with E-state index >= 15 is 0 Å². The first-order valence-electron chi connectivity index (χ1n) is 8.75. The van der Waals surface area contributed by atoms with Crippen LogP contribution in [0, 0.1) is 6.92 Å². The number of benzene rings is 2. The lowest BCUT2D eigenvalue weighted by Gasteiger charge is -2.27. The van der Waals surface area contributed by atoms with Crippen LogP contribution < -0.4 is 10.1 Å². The normalized spacial score (nSPS) is 10.5. The average Bonchev–Trinajstić information content (AvgIpc) is 2.64. The third kappa shape index (κ3) is 6.24. The molecule has 0 aliphatic rings. The van der Waals surface area contributed by atoms with Crippen molar-refractivity contribution in [3.63, 3.8) is 0 Å². The van der Waals surface area contributed by atoms with E-state index in [0.717, 1.165) is 11.1 Å². The minimum absolute atomic E-state index is 0.0406. The van der Waals surface area contributed by atoms with Gasteiger partial charge in [-0.1, -0.05) is 48.0 Å². The first kappa shape index (κ1) is 19.5. The Morgan fingerprint density at radius 1 is 1.04 bits per heavy atom. The molecule has 2 aromatic rings. The third-order valence-electron chi connectivity index (χ3n) is 3.97. The summed E-state index contributed by atoms with van der Waals surface area (Å²) < 4.78 is 5.42. The highest BCUT2D eigenvalue weighted by Gasteiger charge is 2.18. The van der Waals surface area contributed by atoms with Crippen LogP contribution in [0.25, 0.3) is 0 Å². The van der Waals surface area contributed by atoms with Crippen molar-refractivity contribution in [2.75, 3.05) is 13.2 Å². The van der Waals surface area contributed by atoms with E-state index in [9.17, 15) is 9.59 Å². The Bertz CT molecular complexity index is 712. The van der Waals surface area contributed by atoms with Crippen molar-refractivity contribution in [1.82, 2.24) is 10.2 Å². The first-order chi connectivity index (χ1) is 12.5. The summed E-state index contributed by atoms with van der Waals surface area (Å²) >= 11 is 0. The SMILES string of the molecule is Cc1ccc(OCC(=O)NCC(=O)N(Cc2ccccc2)C(C)C)cc1. The van der Waals surface area contributed by atoms with E-state index in [1.807, 2.05) is 75.4 Å². The fourth-order valence-corrected chi connectivity index (χ4v) is 2.45. The van der Waals surface area contributed by atoms with E-state index in [1.165, 1.54) is 0 Å². The molecule has 0 spiro atoms. The van der Waals surface area contributed by atoms with E-state index in [0.29, 0.717) is 12.3 Å². The van der Waals surface area contributed by atoms with Gasteiger partial charge in [0.2, 0.25) is 5.91 Å². The van der Waals surface area contributed by atoms with Gasteiger partial charge in [-0.2, -0.15) is 0 Å². The second kappa shape index (κ2) is 9.61. The maximum absolute atomic E-state index is 12.5. The number of amides is 2. The predicted molar refractivity (Wildman–Crippen MR) is 102 cm³/mol. The van der Waals surface area contributed by atoms with Crippen molar-refractivity contribution in [1.29, 1.82) is 0 Å². The van der Waals surface area contributed by atoms with Gasteiger partial charge in [0, 0.05) is 12.6 Å². The second-order valence-electron chi connectivity index (χ2n) is 6.48. The average molecular weight is 354 g/mol. The van der Waals surface area contributed by atoms with Crippen molar-refractivity contribution in [3.8, 4) is 5.75 Å². The second-order valence-corrected chi connectivity index (χ2v) is 6.48. The summed E-state index contributed by atoms with van der Waals surface area (Å²) in [7, 11) is 0. The Kier molecular flexibility index (Phi) is 7.21. The van der Waals surface area contributed by atoms with Gasteiger partial charge >= 0.3 is 0 Å². The van der Waals surface area contributed by atoms with Crippen molar-refractivity contribution in [2.24, 2.45) is 0 Å². The van der Waals surface area contributed by atoms with Gasteiger partial charge in [0.05, 0.1) is 6.54 Å². The van der Waals surface area contributed by atoms with Crippen LogP contribution in [0.4, 0.5) is 0 Å². The van der Waals surface area contributed by atoms with Crippen LogP contribution in [0.2, 0.25) is 0 Å². The largest absolute Gasteiger partial charge is 0.484 e. The Labute approximate surface area is 155 Å². The van der Waals surface area contributed by atoms with E-state index in [2.05, 4.69) is 5.32 Å². The van der Waals surface area contributed by atoms with Gasteiger partial charge in [-0.05, 0) is 38.5 Å². The number of carbonyl (C=O) groups is 2. The van der Waals surface area contributed by atoms with E-state index in [4.69, 9.17) is 4.74 Å². The van der Waals surface area contributed by atoms with Crippen LogP contribution in [0.5, 0.6) is 5.75 Å². The molecule has 0 aliphatic heterocycles. The molecule has 138 valence electrons. The van der Waals surface area contributed by atoms with Crippen LogP contribution in [-0.4, -0.2) is 35.9 Å². The molecule has 0 aromatic heterocycles. The number of nitrogens with zero attached hydrogens (tertiary/aromatic N) is 1. The van der Waals surface area contributed by atoms with Gasteiger partial charge < -0.3 is 15.0 Å². The summed E-state index contributed by atoms with van der Waals surface area (Å²) in [6.07, 6.45) is 0. The molecule has 0 saturated heterocycles. The number of hydrogen-bond donors (Lipinski definition) is 1. The summed E-state index contributed by atoms with van der Waals surface area (Å²) in [4.78, 5) is 26.2. The molecule has 0 atom stereocenters. The van der Waals surface area contributed by atoms with Crippen LogP contribution in [0.15, 0.2) is 54.6 Å². The molecule has 0 radical (unpaired) electrons. The van der Waals surface area contributed by atoms with Crippen molar-refractivity contribution < 1.29 is 14.3 Å². The maximum Gasteiger partial charge on any atom is 0.258 e. The van der Waals surface area contributed by atoms with Crippen LogP contribution in [0.3, 0.4) is 0 Å². The van der Waals surface area contributed by atoms with Crippen molar-refractivity contribution in [3.05, 3.63) is 65.7 Å². The zero-order valence-electron chi connectivity index (χ0n) is 15.6. The number of rotatable bonds is 8. The Balaban J connectivity index is 1.81. The lowest BCUT2D eigenvalue weighted by Crippen LogP contribution is -2.44. The highest BCUT2D eigenvalue weighted by molar-refractivity contribution is 5.85. The van der Waals surface area contributed by atoms with E-state index in [1.54, 1.807) is 4.90 Å². The Morgan fingerprint density at radius 2 is 1.69 bits per heavy atom. The topological polar surface area (TPSA) is 58.6 Å². The van der Waals surface area contributed by atoms with Crippen molar-refractivity contribution in [2.45, 2.75) is 33.4 Å². The van der Waals surface area contributed by atoms with E-state index < -0.39 is 0 Å². The molecule has 2 rings (SSSR count). The summed E-state index contributed by atoms with van der Waals surface area (Å²) in [6.45, 7) is 6.27.